The molecule has 0 aliphatic carbocycles. The highest BCUT2D eigenvalue weighted by Crippen LogP contribution is 2.26. The van der Waals surface area contributed by atoms with Crippen LogP contribution in [0.25, 0.3) is 10.6 Å². The van der Waals surface area contributed by atoms with Gasteiger partial charge in [-0.2, -0.15) is 0 Å². The molecule has 0 saturated heterocycles. The second kappa shape index (κ2) is 4.36. The van der Waals surface area contributed by atoms with Gasteiger partial charge in [0.15, 0.2) is 3.92 Å². The molecule has 0 amide bonds. The van der Waals surface area contributed by atoms with Gasteiger partial charge in [0.1, 0.15) is 0 Å². The minimum Gasteiger partial charge on any atom is -0.341 e. The first kappa shape index (κ1) is 11.1. The van der Waals surface area contributed by atoms with E-state index in [0.717, 1.165) is 25.9 Å². The van der Waals surface area contributed by atoms with Gasteiger partial charge in [-0.3, -0.25) is 4.79 Å². The standard InChI is InChI=1S/C11H7BrN2OS2/c12-11-13-5-7(16-11)6-14-3-1-2-9-8(14)4-10(15)17-9/h1-5H,6H2. The molecule has 3 nitrogen and oxygen atoms in total. The maximum absolute atomic E-state index is 11.4. The molecule has 0 fully saturated rings. The Morgan fingerprint density at radius 1 is 1.41 bits per heavy atom. The van der Waals surface area contributed by atoms with Gasteiger partial charge in [0, 0.05) is 23.3 Å². The summed E-state index contributed by atoms with van der Waals surface area (Å²) in [6.07, 6.45) is 3.84. The van der Waals surface area contributed by atoms with Crippen LogP contribution in [-0.2, 0) is 6.54 Å². The molecule has 6 heteroatoms. The van der Waals surface area contributed by atoms with Crippen molar-refractivity contribution in [1.82, 2.24) is 9.55 Å². The molecular formula is C11H7BrN2OS2. The van der Waals surface area contributed by atoms with E-state index in [1.807, 2.05) is 24.5 Å². The fourth-order valence-corrected chi connectivity index (χ4v) is 3.87. The van der Waals surface area contributed by atoms with Crippen molar-refractivity contribution >= 4 is 38.6 Å². The third-order valence-electron chi connectivity index (χ3n) is 2.39. The van der Waals surface area contributed by atoms with E-state index in [1.165, 1.54) is 11.3 Å². The lowest BCUT2D eigenvalue weighted by atomic mass is 10.3. The Labute approximate surface area is 114 Å². The first-order chi connectivity index (χ1) is 8.22. The maximum atomic E-state index is 11.4. The number of hydrogen-bond acceptors (Lipinski definition) is 4. The molecule has 2 aliphatic heterocycles. The molecule has 1 aromatic heterocycles. The van der Waals surface area contributed by atoms with Crippen LogP contribution in [0.2, 0.25) is 0 Å². The van der Waals surface area contributed by atoms with Crippen LogP contribution in [0.5, 0.6) is 0 Å². The van der Waals surface area contributed by atoms with Gasteiger partial charge in [0.2, 0.25) is 4.74 Å². The number of aromatic nitrogens is 2. The molecule has 0 N–H and O–H groups in total. The number of rotatable bonds is 2. The summed E-state index contributed by atoms with van der Waals surface area (Å²) in [6, 6.07) is 5.63. The van der Waals surface area contributed by atoms with E-state index in [4.69, 9.17) is 0 Å². The molecule has 0 spiro atoms. The van der Waals surface area contributed by atoms with Crippen molar-refractivity contribution in [3.8, 4) is 10.6 Å². The van der Waals surface area contributed by atoms with E-state index < -0.39 is 0 Å². The molecule has 0 saturated carbocycles. The van der Waals surface area contributed by atoms with Gasteiger partial charge in [-0.1, -0.05) is 11.3 Å². The van der Waals surface area contributed by atoms with Crippen molar-refractivity contribution in [2.24, 2.45) is 0 Å². The maximum Gasteiger partial charge on any atom is 0.235 e. The van der Waals surface area contributed by atoms with Crippen LogP contribution in [0.3, 0.4) is 0 Å². The predicted molar refractivity (Wildman–Crippen MR) is 74.1 cm³/mol. The molecule has 3 rings (SSSR count). The Morgan fingerprint density at radius 3 is 3.06 bits per heavy atom. The van der Waals surface area contributed by atoms with Crippen molar-refractivity contribution in [1.29, 1.82) is 0 Å². The van der Waals surface area contributed by atoms with Crippen molar-refractivity contribution in [2.75, 3.05) is 0 Å². The van der Waals surface area contributed by atoms with E-state index in [9.17, 15) is 4.79 Å². The van der Waals surface area contributed by atoms with Gasteiger partial charge in [0.05, 0.1) is 17.1 Å². The minimum absolute atomic E-state index is 0.102. The van der Waals surface area contributed by atoms with Crippen LogP contribution in [-0.4, -0.2) is 9.55 Å². The zero-order valence-corrected chi connectivity index (χ0v) is 11.8. The second-order valence-corrected chi connectivity index (χ2v) is 6.97. The number of halogens is 1. The quantitative estimate of drug-likeness (QED) is 0.724. The Morgan fingerprint density at radius 2 is 2.29 bits per heavy atom. The number of thiophene rings is 1. The number of thiazole rings is 1. The van der Waals surface area contributed by atoms with Crippen molar-refractivity contribution in [2.45, 2.75) is 6.54 Å². The number of pyridine rings is 1. The molecule has 0 unspecified atom stereocenters. The van der Waals surface area contributed by atoms with Crippen molar-refractivity contribution in [3.63, 3.8) is 0 Å². The summed E-state index contributed by atoms with van der Waals surface area (Å²) in [5.74, 6) is 0. The van der Waals surface area contributed by atoms with Crippen LogP contribution in [0, 0.1) is 0 Å². The van der Waals surface area contributed by atoms with Crippen LogP contribution >= 0.6 is 38.6 Å². The summed E-state index contributed by atoms with van der Waals surface area (Å²) in [6.45, 7) is 0.747. The number of fused-ring (bicyclic) bond motifs is 1. The van der Waals surface area contributed by atoms with Gasteiger partial charge in [-0.05, 0) is 28.1 Å². The van der Waals surface area contributed by atoms with E-state index in [0.29, 0.717) is 0 Å². The SMILES string of the molecule is O=c1cc2n(Cc3cnc(Br)s3)cccc-2s1. The smallest absolute Gasteiger partial charge is 0.235 e. The van der Waals surface area contributed by atoms with Crippen LogP contribution in [0.15, 0.2) is 39.3 Å². The third-order valence-corrected chi connectivity index (χ3v) is 4.74. The molecule has 86 valence electrons. The van der Waals surface area contributed by atoms with Gasteiger partial charge in [-0.15, -0.1) is 11.3 Å². The molecular weight excluding hydrogens is 320 g/mol. The fourth-order valence-electron chi connectivity index (χ4n) is 1.69. The van der Waals surface area contributed by atoms with E-state index in [2.05, 4.69) is 25.5 Å². The molecule has 2 aliphatic rings. The summed E-state index contributed by atoms with van der Waals surface area (Å²) >= 11 is 6.24. The first-order valence-electron chi connectivity index (χ1n) is 4.91. The fraction of sp³-hybridized carbons (Fsp3) is 0.0909. The van der Waals surface area contributed by atoms with Gasteiger partial charge in [-0.25, -0.2) is 4.98 Å². The molecule has 0 bridgehead atoms. The lowest BCUT2D eigenvalue weighted by molar-refractivity contribution is 0.812. The Hall–Kier alpha value is -0.980. The van der Waals surface area contributed by atoms with Crippen LogP contribution in [0.1, 0.15) is 4.88 Å². The van der Waals surface area contributed by atoms with Crippen molar-refractivity contribution in [3.05, 3.63) is 48.9 Å². The van der Waals surface area contributed by atoms with E-state index in [-0.39, 0.29) is 4.74 Å². The second-order valence-electron chi connectivity index (χ2n) is 3.53. The summed E-state index contributed by atoms with van der Waals surface area (Å²) in [5, 5.41) is 0. The highest BCUT2D eigenvalue weighted by atomic mass is 79.9. The molecule has 0 atom stereocenters. The summed E-state index contributed by atoms with van der Waals surface area (Å²) in [5.41, 5.74) is 0.993. The average molecular weight is 327 g/mol. The Bertz CT molecular complexity index is 685. The lowest BCUT2D eigenvalue weighted by Gasteiger charge is -2.09. The van der Waals surface area contributed by atoms with Gasteiger partial charge in [0.25, 0.3) is 0 Å². The van der Waals surface area contributed by atoms with E-state index in [1.54, 1.807) is 17.4 Å². The monoisotopic (exact) mass is 326 g/mol. The lowest BCUT2D eigenvalue weighted by Crippen LogP contribution is -2.01. The minimum atomic E-state index is 0.102. The molecule has 0 aromatic carbocycles. The summed E-state index contributed by atoms with van der Waals surface area (Å²) < 4.78 is 3.06. The molecule has 3 heterocycles. The molecule has 1 aromatic rings. The van der Waals surface area contributed by atoms with Crippen LogP contribution in [0.4, 0.5) is 0 Å². The summed E-state index contributed by atoms with van der Waals surface area (Å²) in [4.78, 5) is 17.7. The molecule has 17 heavy (non-hydrogen) atoms. The van der Waals surface area contributed by atoms with Gasteiger partial charge < -0.3 is 4.57 Å². The van der Waals surface area contributed by atoms with Crippen molar-refractivity contribution < 1.29 is 0 Å². The highest BCUT2D eigenvalue weighted by Gasteiger charge is 2.10. The number of nitrogens with zero attached hydrogens (tertiary/aromatic N) is 2. The van der Waals surface area contributed by atoms with Crippen LogP contribution < -0.4 is 4.74 Å². The largest absolute Gasteiger partial charge is 0.341 e. The molecule has 0 radical (unpaired) electrons. The zero-order chi connectivity index (χ0) is 11.8. The normalized spacial score (nSPS) is 11.1. The number of hydrogen-bond donors (Lipinski definition) is 0. The summed E-state index contributed by atoms with van der Waals surface area (Å²) in [7, 11) is 0. The predicted octanol–water partition coefficient (Wildman–Crippen LogP) is 3.28. The Kier molecular flexibility index (Phi) is 2.85. The zero-order valence-electron chi connectivity index (χ0n) is 8.59. The topological polar surface area (TPSA) is 34.9 Å². The van der Waals surface area contributed by atoms with Gasteiger partial charge >= 0.3 is 0 Å². The highest BCUT2D eigenvalue weighted by molar-refractivity contribution is 9.11. The average Bonchev–Trinajstić information content (AvgIpc) is 2.84. The Balaban J connectivity index is 2.03. The first-order valence-corrected chi connectivity index (χ1v) is 7.34. The third kappa shape index (κ3) is 2.20. The van der Waals surface area contributed by atoms with E-state index >= 15 is 0 Å².